The van der Waals surface area contributed by atoms with Gasteiger partial charge in [-0.05, 0) is 42.3 Å². The van der Waals surface area contributed by atoms with Gasteiger partial charge in [-0.2, -0.15) is 0 Å². The molecule has 0 saturated carbocycles. The number of carbonyl (C=O) groups is 2. The number of amides is 2. The van der Waals surface area contributed by atoms with E-state index in [1.54, 1.807) is 30.3 Å². The van der Waals surface area contributed by atoms with Gasteiger partial charge >= 0.3 is 0 Å². The molecule has 0 unspecified atom stereocenters. The van der Waals surface area contributed by atoms with Crippen LogP contribution in [0.5, 0.6) is 5.75 Å². The van der Waals surface area contributed by atoms with Gasteiger partial charge in [-0.3, -0.25) is 9.59 Å². The van der Waals surface area contributed by atoms with Gasteiger partial charge in [-0.1, -0.05) is 12.1 Å². The van der Waals surface area contributed by atoms with Crippen molar-refractivity contribution >= 4 is 23.2 Å². The number of carbonyl (C=O) groups excluding carboxylic acids is 2. The second kappa shape index (κ2) is 8.10. The number of methoxy groups -OCH3 is 1. The average molecular weight is 330 g/mol. The van der Waals surface area contributed by atoms with Gasteiger partial charge in [-0.25, -0.2) is 4.39 Å². The second-order valence-electron chi connectivity index (χ2n) is 5.27. The lowest BCUT2D eigenvalue weighted by molar-refractivity contribution is -0.116. The molecule has 0 aliphatic carbocycles. The normalized spacial score (nSPS) is 10.1. The summed E-state index contributed by atoms with van der Waals surface area (Å²) in [5.41, 5.74) is 1.78. The van der Waals surface area contributed by atoms with E-state index >= 15 is 0 Å². The highest BCUT2D eigenvalue weighted by Crippen LogP contribution is 2.28. The van der Waals surface area contributed by atoms with E-state index < -0.39 is 0 Å². The maximum atomic E-state index is 13.1. The molecule has 0 spiro atoms. The first-order valence-corrected chi connectivity index (χ1v) is 7.48. The number of nitrogens with one attached hydrogen (secondary N) is 2. The van der Waals surface area contributed by atoms with Gasteiger partial charge in [0.05, 0.1) is 12.8 Å². The van der Waals surface area contributed by atoms with E-state index in [1.165, 1.54) is 26.2 Å². The van der Waals surface area contributed by atoms with Crippen LogP contribution in [0.15, 0.2) is 42.5 Å². The standard InChI is InChI=1S/C18H19FN2O3/c1-12(22)20-15-7-8-17(24-2)16(11-15)21-18(23)9-6-13-4-3-5-14(19)10-13/h3-5,7-8,10-11H,6,9H2,1-2H3,(H,20,22)(H,21,23). The fourth-order valence-corrected chi connectivity index (χ4v) is 2.25. The zero-order chi connectivity index (χ0) is 17.5. The first-order valence-electron chi connectivity index (χ1n) is 7.48. The van der Waals surface area contributed by atoms with Crippen molar-refractivity contribution in [1.29, 1.82) is 0 Å². The fourth-order valence-electron chi connectivity index (χ4n) is 2.25. The Morgan fingerprint density at radius 1 is 1.12 bits per heavy atom. The highest BCUT2D eigenvalue weighted by Gasteiger charge is 2.10. The summed E-state index contributed by atoms with van der Waals surface area (Å²) < 4.78 is 18.3. The summed E-state index contributed by atoms with van der Waals surface area (Å²) in [5.74, 6) is -0.262. The topological polar surface area (TPSA) is 67.4 Å². The van der Waals surface area contributed by atoms with Crippen LogP contribution >= 0.6 is 0 Å². The third-order valence-corrected chi connectivity index (χ3v) is 3.32. The van der Waals surface area contributed by atoms with Crippen molar-refractivity contribution in [3.05, 3.63) is 53.8 Å². The lowest BCUT2D eigenvalue weighted by atomic mass is 10.1. The van der Waals surface area contributed by atoms with E-state index in [4.69, 9.17) is 4.74 Å². The summed E-state index contributed by atoms with van der Waals surface area (Å²) in [6.45, 7) is 1.40. The van der Waals surface area contributed by atoms with Crippen LogP contribution in [0.4, 0.5) is 15.8 Å². The van der Waals surface area contributed by atoms with Crippen molar-refractivity contribution in [2.75, 3.05) is 17.7 Å². The molecule has 2 N–H and O–H groups in total. The van der Waals surface area contributed by atoms with E-state index in [9.17, 15) is 14.0 Å². The monoisotopic (exact) mass is 330 g/mol. The van der Waals surface area contributed by atoms with Crippen LogP contribution in [-0.2, 0) is 16.0 Å². The van der Waals surface area contributed by atoms with Gasteiger partial charge < -0.3 is 15.4 Å². The summed E-state index contributed by atoms with van der Waals surface area (Å²) in [4.78, 5) is 23.3. The van der Waals surface area contributed by atoms with Crippen molar-refractivity contribution < 1.29 is 18.7 Å². The molecule has 2 aromatic carbocycles. The summed E-state index contributed by atoms with van der Waals surface area (Å²) in [7, 11) is 1.50. The number of benzene rings is 2. The van der Waals surface area contributed by atoms with E-state index in [0.29, 0.717) is 23.5 Å². The summed E-state index contributed by atoms with van der Waals surface area (Å²) in [6, 6.07) is 11.1. The van der Waals surface area contributed by atoms with Gasteiger partial charge in [0.25, 0.3) is 0 Å². The van der Waals surface area contributed by atoms with Gasteiger partial charge in [0.15, 0.2) is 0 Å². The largest absolute Gasteiger partial charge is 0.495 e. The molecule has 0 bridgehead atoms. The molecule has 0 aromatic heterocycles. The van der Waals surface area contributed by atoms with Crippen LogP contribution < -0.4 is 15.4 Å². The first-order chi connectivity index (χ1) is 11.5. The number of hydrogen-bond acceptors (Lipinski definition) is 3. The Hall–Kier alpha value is -2.89. The van der Waals surface area contributed by atoms with E-state index in [1.807, 2.05) is 0 Å². The van der Waals surface area contributed by atoms with Crippen LogP contribution in [0.25, 0.3) is 0 Å². The molecule has 0 heterocycles. The SMILES string of the molecule is COc1ccc(NC(C)=O)cc1NC(=O)CCc1cccc(F)c1. The Kier molecular flexibility index (Phi) is 5.89. The molecule has 2 aromatic rings. The summed E-state index contributed by atoms with van der Waals surface area (Å²) >= 11 is 0. The first kappa shape index (κ1) is 17.5. The number of rotatable bonds is 6. The highest BCUT2D eigenvalue weighted by molar-refractivity contribution is 5.95. The van der Waals surface area contributed by atoms with Crippen LogP contribution in [-0.4, -0.2) is 18.9 Å². The third-order valence-electron chi connectivity index (χ3n) is 3.32. The molecule has 2 rings (SSSR count). The third kappa shape index (κ3) is 5.08. The minimum Gasteiger partial charge on any atom is -0.495 e. The quantitative estimate of drug-likeness (QED) is 0.853. The summed E-state index contributed by atoms with van der Waals surface area (Å²) in [6.07, 6.45) is 0.633. The molecular formula is C18H19FN2O3. The lowest BCUT2D eigenvalue weighted by Crippen LogP contribution is -2.14. The number of anilines is 2. The number of halogens is 1. The molecule has 0 radical (unpaired) electrons. The van der Waals surface area contributed by atoms with Gasteiger partial charge in [-0.15, -0.1) is 0 Å². The van der Waals surface area contributed by atoms with E-state index in [2.05, 4.69) is 10.6 Å². The molecule has 0 aliphatic heterocycles. The molecule has 24 heavy (non-hydrogen) atoms. The molecule has 0 fully saturated rings. The maximum Gasteiger partial charge on any atom is 0.224 e. The average Bonchev–Trinajstić information content (AvgIpc) is 2.53. The minimum atomic E-state index is -0.322. The second-order valence-corrected chi connectivity index (χ2v) is 5.27. The van der Waals surface area contributed by atoms with Crippen LogP contribution in [0.2, 0.25) is 0 Å². The van der Waals surface area contributed by atoms with Crippen LogP contribution in [0.1, 0.15) is 18.9 Å². The fraction of sp³-hybridized carbons (Fsp3) is 0.222. The van der Waals surface area contributed by atoms with Gasteiger partial charge in [0.1, 0.15) is 11.6 Å². The van der Waals surface area contributed by atoms with E-state index in [-0.39, 0.29) is 24.1 Å². The molecule has 126 valence electrons. The number of aryl methyl sites for hydroxylation is 1. The van der Waals surface area contributed by atoms with Crippen LogP contribution in [0, 0.1) is 5.82 Å². The smallest absolute Gasteiger partial charge is 0.224 e. The molecule has 0 atom stereocenters. The Balaban J connectivity index is 2.03. The predicted octanol–water partition coefficient (Wildman–Crippen LogP) is 3.36. The van der Waals surface area contributed by atoms with Crippen molar-refractivity contribution in [2.24, 2.45) is 0 Å². The van der Waals surface area contributed by atoms with Gasteiger partial charge in [0.2, 0.25) is 11.8 Å². The molecule has 6 heteroatoms. The lowest BCUT2D eigenvalue weighted by Gasteiger charge is -2.12. The zero-order valence-electron chi connectivity index (χ0n) is 13.6. The van der Waals surface area contributed by atoms with Crippen molar-refractivity contribution in [3.8, 4) is 5.75 Å². The summed E-state index contributed by atoms with van der Waals surface area (Å²) in [5, 5.41) is 5.40. The van der Waals surface area contributed by atoms with Crippen LogP contribution in [0.3, 0.4) is 0 Å². The molecule has 5 nitrogen and oxygen atoms in total. The predicted molar refractivity (Wildman–Crippen MR) is 90.6 cm³/mol. The number of ether oxygens (including phenoxy) is 1. The maximum absolute atomic E-state index is 13.1. The van der Waals surface area contributed by atoms with Crippen molar-refractivity contribution in [3.63, 3.8) is 0 Å². The molecular weight excluding hydrogens is 311 g/mol. The van der Waals surface area contributed by atoms with Gasteiger partial charge in [0, 0.05) is 19.0 Å². The highest BCUT2D eigenvalue weighted by atomic mass is 19.1. The zero-order valence-corrected chi connectivity index (χ0v) is 13.6. The Labute approximate surface area is 139 Å². The minimum absolute atomic E-state index is 0.205. The van der Waals surface area contributed by atoms with Crippen molar-refractivity contribution in [1.82, 2.24) is 0 Å². The Morgan fingerprint density at radius 2 is 1.92 bits per heavy atom. The molecule has 0 saturated heterocycles. The number of hydrogen-bond donors (Lipinski definition) is 2. The Morgan fingerprint density at radius 3 is 2.58 bits per heavy atom. The van der Waals surface area contributed by atoms with E-state index in [0.717, 1.165) is 5.56 Å². The molecule has 2 amide bonds. The Bertz CT molecular complexity index is 747. The molecule has 0 aliphatic rings. The van der Waals surface area contributed by atoms with Crippen molar-refractivity contribution in [2.45, 2.75) is 19.8 Å².